The molecule has 0 bridgehead atoms. The predicted molar refractivity (Wildman–Crippen MR) is 90.6 cm³/mol. The average Bonchev–Trinajstić information content (AvgIpc) is 2.91. The molecular formula is C17H24N6O. The number of amides is 1. The quantitative estimate of drug-likeness (QED) is 0.898. The van der Waals surface area contributed by atoms with Gasteiger partial charge in [0.05, 0.1) is 11.6 Å². The third-order valence-electron chi connectivity index (χ3n) is 4.35. The molecule has 1 aliphatic rings. The SMILES string of the molecule is CCCN1CCc2nnc(C(C)NC(=O)c3cccnc3)n2CC1. The second-order valence-corrected chi connectivity index (χ2v) is 6.15. The van der Waals surface area contributed by atoms with E-state index in [4.69, 9.17) is 0 Å². The van der Waals surface area contributed by atoms with Crippen molar-refractivity contribution in [2.45, 2.75) is 39.3 Å². The number of hydrogen-bond acceptors (Lipinski definition) is 5. The lowest BCUT2D eigenvalue weighted by Crippen LogP contribution is -2.30. The molecule has 7 nitrogen and oxygen atoms in total. The molecule has 1 aliphatic heterocycles. The first kappa shape index (κ1) is 16.6. The summed E-state index contributed by atoms with van der Waals surface area (Å²) in [4.78, 5) is 18.7. The number of nitrogens with zero attached hydrogens (tertiary/aromatic N) is 5. The highest BCUT2D eigenvalue weighted by atomic mass is 16.1. The average molecular weight is 328 g/mol. The Morgan fingerprint density at radius 2 is 2.21 bits per heavy atom. The Bertz CT molecular complexity index is 684. The molecule has 0 aliphatic carbocycles. The topological polar surface area (TPSA) is 75.9 Å². The molecule has 0 aromatic carbocycles. The Balaban J connectivity index is 1.70. The van der Waals surface area contributed by atoms with Crippen LogP contribution >= 0.6 is 0 Å². The van der Waals surface area contributed by atoms with E-state index in [9.17, 15) is 4.79 Å². The van der Waals surface area contributed by atoms with Crippen LogP contribution in [0.15, 0.2) is 24.5 Å². The van der Waals surface area contributed by atoms with Gasteiger partial charge in [-0.1, -0.05) is 6.92 Å². The van der Waals surface area contributed by atoms with Gasteiger partial charge in [-0.05, 0) is 32.0 Å². The van der Waals surface area contributed by atoms with Gasteiger partial charge in [0.15, 0.2) is 5.82 Å². The van der Waals surface area contributed by atoms with E-state index in [0.717, 1.165) is 50.7 Å². The number of nitrogens with one attached hydrogen (secondary N) is 1. The van der Waals surface area contributed by atoms with Gasteiger partial charge in [-0.2, -0.15) is 0 Å². The van der Waals surface area contributed by atoms with Crippen LogP contribution < -0.4 is 5.32 Å². The van der Waals surface area contributed by atoms with Crippen molar-refractivity contribution in [1.82, 2.24) is 30.0 Å². The summed E-state index contributed by atoms with van der Waals surface area (Å²) < 4.78 is 2.16. The summed E-state index contributed by atoms with van der Waals surface area (Å²) in [6, 6.07) is 3.31. The third-order valence-corrected chi connectivity index (χ3v) is 4.35. The molecule has 7 heteroatoms. The highest BCUT2D eigenvalue weighted by Gasteiger charge is 2.22. The van der Waals surface area contributed by atoms with E-state index in [-0.39, 0.29) is 11.9 Å². The van der Waals surface area contributed by atoms with Crippen LogP contribution in [0.25, 0.3) is 0 Å². The second-order valence-electron chi connectivity index (χ2n) is 6.15. The van der Waals surface area contributed by atoms with Gasteiger partial charge in [0.1, 0.15) is 5.82 Å². The lowest BCUT2D eigenvalue weighted by atomic mass is 10.2. The molecule has 2 aromatic rings. The summed E-state index contributed by atoms with van der Waals surface area (Å²) in [5.41, 5.74) is 0.550. The Kier molecular flexibility index (Phi) is 5.20. The number of pyridine rings is 1. The molecule has 0 saturated heterocycles. The van der Waals surface area contributed by atoms with Crippen molar-refractivity contribution < 1.29 is 4.79 Å². The fraction of sp³-hybridized carbons (Fsp3) is 0.529. The first-order valence-electron chi connectivity index (χ1n) is 8.54. The van der Waals surface area contributed by atoms with Crippen molar-refractivity contribution in [3.63, 3.8) is 0 Å². The van der Waals surface area contributed by atoms with E-state index in [1.165, 1.54) is 0 Å². The smallest absolute Gasteiger partial charge is 0.253 e. The zero-order valence-corrected chi connectivity index (χ0v) is 14.3. The van der Waals surface area contributed by atoms with E-state index in [1.807, 2.05) is 6.92 Å². The summed E-state index contributed by atoms with van der Waals surface area (Å²) in [5.74, 6) is 1.68. The number of carbonyl (C=O) groups is 1. The molecule has 0 spiro atoms. The minimum Gasteiger partial charge on any atom is -0.342 e. The molecular weight excluding hydrogens is 304 g/mol. The third kappa shape index (κ3) is 3.62. The maximum atomic E-state index is 12.3. The Morgan fingerprint density at radius 1 is 1.33 bits per heavy atom. The summed E-state index contributed by atoms with van der Waals surface area (Å²) in [5, 5.41) is 11.6. The fourth-order valence-electron chi connectivity index (χ4n) is 3.09. The van der Waals surface area contributed by atoms with Gasteiger partial charge >= 0.3 is 0 Å². The van der Waals surface area contributed by atoms with E-state index in [2.05, 4.69) is 36.9 Å². The van der Waals surface area contributed by atoms with Gasteiger partial charge < -0.3 is 14.8 Å². The predicted octanol–water partition coefficient (Wildman–Crippen LogP) is 1.43. The normalized spacial score (nSPS) is 16.2. The lowest BCUT2D eigenvalue weighted by Gasteiger charge is -2.19. The molecule has 1 atom stereocenters. The van der Waals surface area contributed by atoms with Gasteiger partial charge in [-0.25, -0.2) is 0 Å². The standard InChI is InChI=1S/C17H24N6O/c1-3-8-22-9-6-15-20-21-16(23(15)11-10-22)13(2)19-17(24)14-5-4-7-18-12-14/h4-5,7,12-13H,3,6,8-11H2,1-2H3,(H,19,24). The van der Waals surface area contributed by atoms with E-state index in [0.29, 0.717) is 5.56 Å². The first-order valence-corrected chi connectivity index (χ1v) is 8.54. The van der Waals surface area contributed by atoms with Gasteiger partial charge in [0.2, 0.25) is 0 Å². The van der Waals surface area contributed by atoms with Gasteiger partial charge in [-0.15, -0.1) is 10.2 Å². The molecule has 3 rings (SSSR count). The molecule has 0 fully saturated rings. The van der Waals surface area contributed by atoms with Crippen molar-refractivity contribution in [2.24, 2.45) is 0 Å². The van der Waals surface area contributed by atoms with Crippen molar-refractivity contribution in [3.05, 3.63) is 41.7 Å². The zero-order valence-electron chi connectivity index (χ0n) is 14.3. The highest BCUT2D eigenvalue weighted by Crippen LogP contribution is 2.16. The number of carbonyl (C=O) groups excluding carboxylic acids is 1. The number of fused-ring (bicyclic) bond motifs is 1. The maximum absolute atomic E-state index is 12.3. The molecule has 1 N–H and O–H groups in total. The maximum Gasteiger partial charge on any atom is 0.253 e. The van der Waals surface area contributed by atoms with Crippen molar-refractivity contribution in [1.29, 1.82) is 0 Å². The van der Waals surface area contributed by atoms with Crippen molar-refractivity contribution in [2.75, 3.05) is 19.6 Å². The molecule has 128 valence electrons. The minimum atomic E-state index is -0.198. The summed E-state index contributed by atoms with van der Waals surface area (Å²) >= 11 is 0. The summed E-state index contributed by atoms with van der Waals surface area (Å²) in [6.07, 6.45) is 5.27. The fourth-order valence-corrected chi connectivity index (χ4v) is 3.09. The molecule has 24 heavy (non-hydrogen) atoms. The molecule has 3 heterocycles. The Morgan fingerprint density at radius 3 is 2.96 bits per heavy atom. The zero-order chi connectivity index (χ0) is 16.9. The van der Waals surface area contributed by atoms with Crippen LogP contribution in [0.2, 0.25) is 0 Å². The first-order chi connectivity index (χ1) is 11.7. The van der Waals surface area contributed by atoms with Crippen LogP contribution in [-0.2, 0) is 13.0 Å². The van der Waals surface area contributed by atoms with Crippen molar-refractivity contribution >= 4 is 5.91 Å². The number of hydrogen-bond donors (Lipinski definition) is 1. The van der Waals surface area contributed by atoms with Crippen LogP contribution in [0.4, 0.5) is 0 Å². The largest absolute Gasteiger partial charge is 0.342 e. The van der Waals surface area contributed by atoms with Crippen LogP contribution in [0, 0.1) is 0 Å². The van der Waals surface area contributed by atoms with E-state index < -0.39 is 0 Å². The van der Waals surface area contributed by atoms with Gasteiger partial charge in [-0.3, -0.25) is 9.78 Å². The minimum absolute atomic E-state index is 0.144. The Labute approximate surface area is 142 Å². The van der Waals surface area contributed by atoms with E-state index >= 15 is 0 Å². The second kappa shape index (κ2) is 7.53. The number of aromatic nitrogens is 4. The van der Waals surface area contributed by atoms with Crippen LogP contribution in [-0.4, -0.2) is 50.2 Å². The molecule has 1 unspecified atom stereocenters. The van der Waals surface area contributed by atoms with Crippen molar-refractivity contribution in [3.8, 4) is 0 Å². The van der Waals surface area contributed by atoms with Gasteiger partial charge in [0, 0.05) is 38.4 Å². The van der Waals surface area contributed by atoms with Crippen LogP contribution in [0.3, 0.4) is 0 Å². The lowest BCUT2D eigenvalue weighted by molar-refractivity contribution is 0.0937. The van der Waals surface area contributed by atoms with Crippen LogP contribution in [0.5, 0.6) is 0 Å². The highest BCUT2D eigenvalue weighted by molar-refractivity contribution is 5.93. The molecule has 0 saturated carbocycles. The molecule has 2 aromatic heterocycles. The number of rotatable bonds is 5. The molecule has 0 radical (unpaired) electrons. The molecule has 1 amide bonds. The monoisotopic (exact) mass is 328 g/mol. The van der Waals surface area contributed by atoms with E-state index in [1.54, 1.807) is 24.5 Å². The van der Waals surface area contributed by atoms with Gasteiger partial charge in [0.25, 0.3) is 5.91 Å². The summed E-state index contributed by atoms with van der Waals surface area (Å²) in [7, 11) is 0. The van der Waals surface area contributed by atoms with Crippen LogP contribution in [0.1, 0.15) is 48.3 Å². The Hall–Kier alpha value is -2.28. The summed E-state index contributed by atoms with van der Waals surface area (Å²) in [6.45, 7) is 8.13.